The van der Waals surface area contributed by atoms with Gasteiger partial charge in [-0.05, 0) is 77.7 Å². The lowest BCUT2D eigenvalue weighted by Gasteiger charge is -2.10. The van der Waals surface area contributed by atoms with Gasteiger partial charge in [0.15, 0.2) is 11.6 Å². The second-order valence-corrected chi connectivity index (χ2v) is 9.02. The van der Waals surface area contributed by atoms with E-state index in [1.807, 2.05) is 0 Å². The van der Waals surface area contributed by atoms with Gasteiger partial charge in [0, 0.05) is 16.7 Å². The molecule has 0 saturated heterocycles. The van der Waals surface area contributed by atoms with Gasteiger partial charge in [-0.3, -0.25) is 0 Å². The highest BCUT2D eigenvalue weighted by Gasteiger charge is 2.16. The molecule has 0 radical (unpaired) electrons. The van der Waals surface area contributed by atoms with E-state index in [0.717, 1.165) is 30.3 Å². The molecule has 0 fully saturated rings. The lowest BCUT2D eigenvalue weighted by Crippen LogP contribution is -1.95. The van der Waals surface area contributed by atoms with Crippen LogP contribution in [0, 0.1) is 59.5 Å². The molecule has 0 aliphatic heterocycles. The Morgan fingerprint density at radius 2 is 1.07 bits per heavy atom. The van der Waals surface area contributed by atoms with Crippen molar-refractivity contribution < 1.29 is 30.7 Å². The summed E-state index contributed by atoms with van der Waals surface area (Å²) in [7, 11) is 0. The predicted octanol–water partition coefficient (Wildman–Crippen LogP) is 9.37. The van der Waals surface area contributed by atoms with Gasteiger partial charge in [0.05, 0.1) is 11.1 Å². The molecule has 40 heavy (non-hydrogen) atoms. The first-order valence-corrected chi connectivity index (χ1v) is 11.9. The van der Waals surface area contributed by atoms with E-state index in [4.69, 9.17) is 0 Å². The second kappa shape index (κ2) is 10.7. The highest BCUT2D eigenvalue weighted by Crippen LogP contribution is 2.32. The van der Waals surface area contributed by atoms with Gasteiger partial charge in [-0.1, -0.05) is 48.2 Å². The smallest absolute Gasteiger partial charge is 0.159 e. The maximum absolute atomic E-state index is 15.1. The molecule has 0 aromatic heterocycles. The van der Waals surface area contributed by atoms with Crippen molar-refractivity contribution in [1.82, 2.24) is 0 Å². The largest absolute Gasteiger partial charge is 0.206 e. The minimum absolute atomic E-state index is 0.0577. The molecular formula is C33H17F7. The summed E-state index contributed by atoms with van der Waals surface area (Å²) in [6.07, 6.45) is 0. The van der Waals surface area contributed by atoms with Crippen LogP contribution in [0.4, 0.5) is 30.7 Å². The van der Waals surface area contributed by atoms with Gasteiger partial charge in [0.2, 0.25) is 0 Å². The zero-order chi connectivity index (χ0) is 28.6. The van der Waals surface area contributed by atoms with Crippen molar-refractivity contribution in [2.45, 2.75) is 6.92 Å². The van der Waals surface area contributed by atoms with Gasteiger partial charge in [0.1, 0.15) is 29.1 Å². The molecule has 198 valence electrons. The molecule has 0 bridgehead atoms. The maximum Gasteiger partial charge on any atom is 0.159 e. The average Bonchev–Trinajstić information content (AvgIpc) is 2.90. The van der Waals surface area contributed by atoms with Gasteiger partial charge in [-0.2, -0.15) is 0 Å². The maximum atomic E-state index is 15.1. The van der Waals surface area contributed by atoms with Crippen LogP contribution in [-0.4, -0.2) is 0 Å². The zero-order valence-corrected chi connectivity index (χ0v) is 20.7. The molecule has 0 amide bonds. The van der Waals surface area contributed by atoms with Crippen molar-refractivity contribution in [3.05, 3.63) is 142 Å². The summed E-state index contributed by atoms with van der Waals surface area (Å²) < 4.78 is 100. The van der Waals surface area contributed by atoms with Crippen molar-refractivity contribution >= 4 is 0 Å². The van der Waals surface area contributed by atoms with Gasteiger partial charge in [-0.15, -0.1) is 0 Å². The topological polar surface area (TPSA) is 0 Å². The SMILES string of the molecule is Cc1cc(-c2ccc(-c3ccccc3F)cc2F)cc(F)c1C#Cc1cc(F)c(-c2ccc(F)c(F)c2)c(F)c1. The Morgan fingerprint density at radius 1 is 0.450 bits per heavy atom. The lowest BCUT2D eigenvalue weighted by molar-refractivity contribution is 0.508. The Labute approximate surface area is 225 Å². The van der Waals surface area contributed by atoms with Crippen LogP contribution in [0.15, 0.2) is 84.9 Å². The van der Waals surface area contributed by atoms with Crippen LogP contribution in [0.1, 0.15) is 16.7 Å². The average molecular weight is 546 g/mol. The fourth-order valence-electron chi connectivity index (χ4n) is 4.38. The van der Waals surface area contributed by atoms with Crippen LogP contribution in [0.25, 0.3) is 33.4 Å². The summed E-state index contributed by atoms with van der Waals surface area (Å²) in [5, 5.41) is 0. The first kappa shape index (κ1) is 26.8. The molecule has 0 spiro atoms. The third-order valence-electron chi connectivity index (χ3n) is 6.33. The number of hydrogen-bond donors (Lipinski definition) is 0. The number of hydrogen-bond acceptors (Lipinski definition) is 0. The highest BCUT2D eigenvalue weighted by molar-refractivity contribution is 5.73. The molecule has 7 heteroatoms. The first-order chi connectivity index (χ1) is 19.1. The number of benzene rings is 5. The Balaban J connectivity index is 1.45. The molecule has 0 heterocycles. The van der Waals surface area contributed by atoms with Gasteiger partial charge >= 0.3 is 0 Å². The number of rotatable bonds is 3. The zero-order valence-electron chi connectivity index (χ0n) is 20.7. The van der Waals surface area contributed by atoms with E-state index in [9.17, 15) is 26.3 Å². The van der Waals surface area contributed by atoms with Crippen LogP contribution in [0.2, 0.25) is 0 Å². The van der Waals surface area contributed by atoms with Gasteiger partial charge in [-0.25, -0.2) is 30.7 Å². The normalized spacial score (nSPS) is 10.8. The Hall–Kier alpha value is -4.83. The minimum atomic E-state index is -1.25. The van der Waals surface area contributed by atoms with Crippen LogP contribution >= 0.6 is 0 Å². The van der Waals surface area contributed by atoms with Crippen molar-refractivity contribution in [3.8, 4) is 45.2 Å². The summed E-state index contributed by atoms with van der Waals surface area (Å²) in [5.41, 5.74) is 0.306. The first-order valence-electron chi connectivity index (χ1n) is 11.9. The molecule has 0 N–H and O–H groups in total. The van der Waals surface area contributed by atoms with Crippen molar-refractivity contribution in [1.29, 1.82) is 0 Å². The Morgan fingerprint density at radius 3 is 1.73 bits per heavy atom. The van der Waals surface area contributed by atoms with E-state index in [1.165, 1.54) is 42.5 Å². The van der Waals surface area contributed by atoms with Crippen molar-refractivity contribution in [2.24, 2.45) is 0 Å². The summed E-state index contributed by atoms with van der Waals surface area (Å²) in [5.74, 6) is -1.41. The van der Waals surface area contributed by atoms with E-state index < -0.39 is 46.3 Å². The van der Waals surface area contributed by atoms with E-state index in [0.29, 0.717) is 17.2 Å². The summed E-state index contributed by atoms with van der Waals surface area (Å²) in [6.45, 7) is 1.55. The fourth-order valence-corrected chi connectivity index (χ4v) is 4.38. The quantitative estimate of drug-likeness (QED) is 0.156. The number of halogens is 7. The van der Waals surface area contributed by atoms with E-state index in [2.05, 4.69) is 11.8 Å². The lowest BCUT2D eigenvalue weighted by atomic mass is 9.96. The standard InChI is InChI=1S/C33H17F7/c1-18-12-22(25-10-7-20(15-29(25)37)24-4-2-3-5-26(24)34)17-28(36)23(18)9-6-19-13-31(39)33(32(40)14-19)21-8-11-27(35)30(38)16-21/h2-5,7-8,10-17H,1H3. The third kappa shape index (κ3) is 5.21. The van der Waals surface area contributed by atoms with Crippen LogP contribution in [-0.2, 0) is 0 Å². The van der Waals surface area contributed by atoms with Crippen molar-refractivity contribution in [3.63, 3.8) is 0 Å². The summed E-state index contributed by atoms with van der Waals surface area (Å²) >= 11 is 0. The molecule has 0 aliphatic carbocycles. The fraction of sp³-hybridized carbons (Fsp3) is 0.0303. The highest BCUT2D eigenvalue weighted by atomic mass is 19.2. The Kier molecular flexibility index (Phi) is 7.19. The molecule has 0 aliphatic rings. The van der Waals surface area contributed by atoms with Crippen LogP contribution < -0.4 is 0 Å². The van der Waals surface area contributed by atoms with Gasteiger partial charge < -0.3 is 0 Å². The number of aryl methyl sites for hydroxylation is 1. The monoisotopic (exact) mass is 546 g/mol. The van der Waals surface area contributed by atoms with Crippen LogP contribution in [0.5, 0.6) is 0 Å². The molecule has 0 atom stereocenters. The van der Waals surface area contributed by atoms with Gasteiger partial charge in [0.25, 0.3) is 0 Å². The van der Waals surface area contributed by atoms with E-state index >= 15 is 4.39 Å². The minimum Gasteiger partial charge on any atom is -0.206 e. The third-order valence-corrected chi connectivity index (χ3v) is 6.33. The van der Waals surface area contributed by atoms with Crippen LogP contribution in [0.3, 0.4) is 0 Å². The van der Waals surface area contributed by atoms with E-state index in [-0.39, 0.29) is 33.4 Å². The molecule has 0 unspecified atom stereocenters. The molecule has 5 aromatic rings. The molecular weight excluding hydrogens is 529 g/mol. The van der Waals surface area contributed by atoms with Crippen molar-refractivity contribution in [2.75, 3.05) is 0 Å². The molecule has 0 saturated carbocycles. The van der Waals surface area contributed by atoms with E-state index in [1.54, 1.807) is 13.0 Å². The molecule has 5 aromatic carbocycles. The Bertz CT molecular complexity index is 1800. The molecule has 5 rings (SSSR count). The second-order valence-electron chi connectivity index (χ2n) is 9.02. The summed E-state index contributed by atoms with van der Waals surface area (Å²) in [4.78, 5) is 0. The predicted molar refractivity (Wildman–Crippen MR) is 140 cm³/mol. The molecule has 0 nitrogen and oxygen atoms in total. The summed E-state index contributed by atoms with van der Waals surface area (Å²) in [6, 6.07) is 17.0.